The van der Waals surface area contributed by atoms with E-state index in [9.17, 15) is 9.59 Å². The van der Waals surface area contributed by atoms with Gasteiger partial charge in [-0.05, 0) is 42.7 Å². The first-order valence-electron chi connectivity index (χ1n) is 8.67. The van der Waals surface area contributed by atoms with E-state index in [2.05, 4.69) is 10.3 Å². The van der Waals surface area contributed by atoms with E-state index in [1.807, 2.05) is 24.3 Å². The van der Waals surface area contributed by atoms with Gasteiger partial charge in [0.15, 0.2) is 0 Å². The number of hydrogen-bond donors (Lipinski definition) is 1. The fourth-order valence-electron chi connectivity index (χ4n) is 2.93. The number of benzene rings is 1. The topological polar surface area (TPSA) is 71.5 Å². The molecule has 1 aromatic heterocycles. The van der Waals surface area contributed by atoms with Crippen molar-refractivity contribution in [2.45, 2.75) is 12.8 Å². The van der Waals surface area contributed by atoms with Crippen molar-refractivity contribution in [3.8, 4) is 5.75 Å². The summed E-state index contributed by atoms with van der Waals surface area (Å²) in [7, 11) is 3.37. The minimum Gasteiger partial charge on any atom is -0.497 e. The van der Waals surface area contributed by atoms with E-state index in [-0.39, 0.29) is 23.7 Å². The van der Waals surface area contributed by atoms with Gasteiger partial charge in [0.2, 0.25) is 11.8 Å². The molecule has 1 aliphatic rings. The fraction of sp³-hybridized carbons (Fsp3) is 0.350. The Kier molecular flexibility index (Phi) is 5.51. The van der Waals surface area contributed by atoms with Gasteiger partial charge in [-0.1, -0.05) is 6.07 Å². The summed E-state index contributed by atoms with van der Waals surface area (Å²) >= 11 is 0. The van der Waals surface area contributed by atoms with Crippen LogP contribution < -0.4 is 10.1 Å². The predicted molar refractivity (Wildman–Crippen MR) is 98.8 cm³/mol. The maximum Gasteiger partial charge on any atom is 0.228 e. The van der Waals surface area contributed by atoms with E-state index in [0.29, 0.717) is 24.4 Å². The number of nitrogens with zero attached hydrogens (tertiary/aromatic N) is 2. The van der Waals surface area contributed by atoms with Crippen LogP contribution in [-0.2, 0) is 16.0 Å². The number of carbonyl (C=O) groups is 2. The number of pyridine rings is 1. The number of nitrogens with one attached hydrogen (secondary N) is 1. The first-order valence-corrected chi connectivity index (χ1v) is 8.67. The Morgan fingerprint density at radius 2 is 2.00 bits per heavy atom. The predicted octanol–water partition coefficient (Wildman–Crippen LogP) is 2.37. The number of likely N-dealkylation sites (N-methyl/N-ethyl adjacent to an activating group) is 1. The highest BCUT2D eigenvalue weighted by molar-refractivity contribution is 5.99. The molecule has 0 spiro atoms. The molecule has 1 heterocycles. The smallest absolute Gasteiger partial charge is 0.228 e. The van der Waals surface area contributed by atoms with Gasteiger partial charge in [-0.3, -0.25) is 14.6 Å². The lowest BCUT2D eigenvalue weighted by Crippen LogP contribution is -2.31. The molecule has 1 N–H and O–H groups in total. The number of anilines is 1. The summed E-state index contributed by atoms with van der Waals surface area (Å²) in [6, 6.07) is 11.1. The van der Waals surface area contributed by atoms with Crippen LogP contribution >= 0.6 is 0 Å². The van der Waals surface area contributed by atoms with Crippen LogP contribution in [0.1, 0.15) is 12.0 Å². The molecular weight excluding hydrogens is 330 g/mol. The first kappa shape index (κ1) is 17.9. The Bertz CT molecular complexity index is 779. The highest BCUT2D eigenvalue weighted by Gasteiger charge is 2.49. The Morgan fingerprint density at radius 3 is 2.73 bits per heavy atom. The highest BCUT2D eigenvalue weighted by atomic mass is 16.5. The Labute approximate surface area is 153 Å². The summed E-state index contributed by atoms with van der Waals surface area (Å²) in [4.78, 5) is 30.6. The Hall–Kier alpha value is -2.89. The SMILES string of the molecule is COc1cccc(NC(=O)C2CC2C(=O)N(C)CCc2ccncc2)c1. The second-order valence-electron chi connectivity index (χ2n) is 6.54. The van der Waals surface area contributed by atoms with E-state index >= 15 is 0 Å². The van der Waals surface area contributed by atoms with Crippen LogP contribution in [0.15, 0.2) is 48.8 Å². The Morgan fingerprint density at radius 1 is 1.23 bits per heavy atom. The largest absolute Gasteiger partial charge is 0.497 e. The van der Waals surface area contributed by atoms with E-state index in [1.165, 1.54) is 0 Å². The molecule has 2 aromatic rings. The molecule has 2 unspecified atom stereocenters. The monoisotopic (exact) mass is 353 g/mol. The lowest BCUT2D eigenvalue weighted by atomic mass is 10.2. The summed E-state index contributed by atoms with van der Waals surface area (Å²) in [5.74, 6) is 0.131. The molecule has 0 radical (unpaired) electrons. The van der Waals surface area contributed by atoms with Crippen LogP contribution in [0.4, 0.5) is 5.69 Å². The van der Waals surface area contributed by atoms with Gasteiger partial charge in [0.25, 0.3) is 0 Å². The van der Waals surface area contributed by atoms with Gasteiger partial charge in [-0.15, -0.1) is 0 Å². The summed E-state index contributed by atoms with van der Waals surface area (Å²) in [5, 5.41) is 2.86. The molecule has 2 amide bonds. The molecular formula is C20H23N3O3. The molecule has 26 heavy (non-hydrogen) atoms. The van der Waals surface area contributed by atoms with Crippen LogP contribution in [-0.4, -0.2) is 42.4 Å². The van der Waals surface area contributed by atoms with Gasteiger partial charge in [-0.2, -0.15) is 0 Å². The van der Waals surface area contributed by atoms with Crippen LogP contribution in [0.25, 0.3) is 0 Å². The third kappa shape index (κ3) is 4.39. The number of ether oxygens (including phenoxy) is 1. The van der Waals surface area contributed by atoms with Gasteiger partial charge in [0, 0.05) is 37.7 Å². The first-order chi connectivity index (χ1) is 12.6. The van der Waals surface area contributed by atoms with Crippen molar-refractivity contribution < 1.29 is 14.3 Å². The summed E-state index contributed by atoms with van der Waals surface area (Å²) in [6.45, 7) is 0.629. The third-order valence-corrected chi connectivity index (χ3v) is 4.64. The minimum absolute atomic E-state index is 0.0323. The quantitative estimate of drug-likeness (QED) is 0.829. The molecule has 2 atom stereocenters. The second kappa shape index (κ2) is 7.99. The van der Waals surface area contributed by atoms with E-state index in [0.717, 1.165) is 12.0 Å². The zero-order chi connectivity index (χ0) is 18.5. The number of aromatic nitrogens is 1. The zero-order valence-electron chi connectivity index (χ0n) is 15.0. The number of hydrogen-bond acceptors (Lipinski definition) is 4. The van der Waals surface area contributed by atoms with Crippen LogP contribution in [0.3, 0.4) is 0 Å². The number of methoxy groups -OCH3 is 1. The maximum atomic E-state index is 12.5. The van der Waals surface area contributed by atoms with Crippen molar-refractivity contribution in [3.05, 3.63) is 54.4 Å². The van der Waals surface area contributed by atoms with Crippen molar-refractivity contribution in [1.29, 1.82) is 0 Å². The third-order valence-electron chi connectivity index (χ3n) is 4.64. The standard InChI is InChI=1S/C20H23N3O3/c1-23(11-8-14-6-9-21-10-7-14)20(25)18-13-17(18)19(24)22-15-4-3-5-16(12-15)26-2/h3-7,9-10,12,17-18H,8,11,13H2,1-2H3,(H,22,24). The zero-order valence-corrected chi connectivity index (χ0v) is 15.0. The van der Waals surface area contributed by atoms with Gasteiger partial charge < -0.3 is 15.0 Å². The second-order valence-corrected chi connectivity index (χ2v) is 6.54. The number of carbonyl (C=O) groups excluding carboxylic acids is 2. The molecule has 0 bridgehead atoms. The van der Waals surface area contributed by atoms with Crippen molar-refractivity contribution >= 4 is 17.5 Å². The average Bonchev–Trinajstić information content (AvgIpc) is 3.47. The van der Waals surface area contributed by atoms with Crippen molar-refractivity contribution in [1.82, 2.24) is 9.88 Å². The molecule has 0 aliphatic heterocycles. The summed E-state index contributed by atoms with van der Waals surface area (Å²) < 4.78 is 5.15. The molecule has 6 nitrogen and oxygen atoms in total. The molecule has 6 heteroatoms. The lowest BCUT2D eigenvalue weighted by molar-refractivity contribution is -0.132. The molecule has 0 saturated heterocycles. The maximum absolute atomic E-state index is 12.5. The van der Waals surface area contributed by atoms with E-state index in [1.54, 1.807) is 43.6 Å². The van der Waals surface area contributed by atoms with Crippen LogP contribution in [0.2, 0.25) is 0 Å². The van der Waals surface area contributed by atoms with Gasteiger partial charge in [-0.25, -0.2) is 0 Å². The number of amides is 2. The lowest BCUT2D eigenvalue weighted by Gasteiger charge is -2.17. The van der Waals surface area contributed by atoms with E-state index in [4.69, 9.17) is 4.74 Å². The highest BCUT2D eigenvalue weighted by Crippen LogP contribution is 2.40. The molecule has 1 aliphatic carbocycles. The van der Waals surface area contributed by atoms with Crippen LogP contribution in [0.5, 0.6) is 5.75 Å². The molecule has 1 aromatic carbocycles. The normalized spacial score (nSPS) is 18.1. The molecule has 3 rings (SSSR count). The van der Waals surface area contributed by atoms with Gasteiger partial charge in [0.05, 0.1) is 18.9 Å². The van der Waals surface area contributed by atoms with Crippen molar-refractivity contribution in [2.75, 3.05) is 26.0 Å². The summed E-state index contributed by atoms with van der Waals surface area (Å²) in [5.41, 5.74) is 1.82. The molecule has 136 valence electrons. The minimum atomic E-state index is -0.253. The molecule has 1 fully saturated rings. The Balaban J connectivity index is 1.48. The van der Waals surface area contributed by atoms with Crippen molar-refractivity contribution in [2.24, 2.45) is 11.8 Å². The summed E-state index contributed by atoms with van der Waals surface area (Å²) in [6.07, 6.45) is 4.88. The van der Waals surface area contributed by atoms with E-state index < -0.39 is 0 Å². The van der Waals surface area contributed by atoms with Gasteiger partial charge >= 0.3 is 0 Å². The molecule has 1 saturated carbocycles. The number of rotatable bonds is 7. The van der Waals surface area contributed by atoms with Crippen molar-refractivity contribution in [3.63, 3.8) is 0 Å². The van der Waals surface area contributed by atoms with Gasteiger partial charge in [0.1, 0.15) is 5.75 Å². The van der Waals surface area contributed by atoms with Crippen LogP contribution in [0, 0.1) is 11.8 Å². The fourth-order valence-corrected chi connectivity index (χ4v) is 2.93. The average molecular weight is 353 g/mol.